The third kappa shape index (κ3) is 2.56. The Morgan fingerprint density at radius 1 is 1.39 bits per heavy atom. The average Bonchev–Trinajstić information content (AvgIpc) is 2.77. The van der Waals surface area contributed by atoms with Gasteiger partial charge in [0.25, 0.3) is 0 Å². The first-order valence-corrected chi connectivity index (χ1v) is 6.06. The number of rotatable bonds is 4. The van der Waals surface area contributed by atoms with E-state index in [9.17, 15) is 5.11 Å². The van der Waals surface area contributed by atoms with E-state index in [4.69, 9.17) is 0 Å². The smallest absolute Gasteiger partial charge is 0.138 e. The fraction of sp³-hybridized carbons (Fsp3) is 0.462. The molecule has 2 aromatic rings. The van der Waals surface area contributed by atoms with Crippen LogP contribution >= 0.6 is 0 Å². The van der Waals surface area contributed by atoms with Crippen LogP contribution in [0.3, 0.4) is 0 Å². The molecule has 0 saturated carbocycles. The van der Waals surface area contributed by atoms with E-state index >= 15 is 0 Å². The van der Waals surface area contributed by atoms with Gasteiger partial charge in [0.1, 0.15) is 12.2 Å². The average molecular weight is 246 g/mol. The van der Waals surface area contributed by atoms with Crippen LogP contribution in [0.5, 0.6) is 0 Å². The van der Waals surface area contributed by atoms with Crippen LogP contribution in [0.15, 0.2) is 24.8 Å². The third-order valence-corrected chi connectivity index (χ3v) is 2.94. The summed E-state index contributed by atoms with van der Waals surface area (Å²) in [6, 6.07) is 2.09. The Kier molecular flexibility index (Phi) is 3.72. The van der Waals surface area contributed by atoms with E-state index in [0.29, 0.717) is 6.42 Å². The molecule has 0 bridgehead atoms. The molecule has 18 heavy (non-hydrogen) atoms. The maximum absolute atomic E-state index is 10.3. The van der Waals surface area contributed by atoms with Crippen LogP contribution < -0.4 is 0 Å². The Bertz CT molecular complexity index is 521. The first-order valence-electron chi connectivity index (χ1n) is 6.06. The Balaban J connectivity index is 2.19. The van der Waals surface area contributed by atoms with Gasteiger partial charge in [0.15, 0.2) is 0 Å². The van der Waals surface area contributed by atoms with Crippen LogP contribution in [-0.2, 0) is 6.42 Å². The van der Waals surface area contributed by atoms with E-state index < -0.39 is 6.10 Å². The molecule has 0 aromatic carbocycles. The highest BCUT2D eigenvalue weighted by molar-refractivity contribution is 5.24. The van der Waals surface area contributed by atoms with Gasteiger partial charge in [0.05, 0.1) is 6.10 Å². The second-order valence-electron chi connectivity index (χ2n) is 4.67. The van der Waals surface area contributed by atoms with Gasteiger partial charge in [-0.2, -0.15) is 5.10 Å². The maximum Gasteiger partial charge on any atom is 0.138 e. The lowest BCUT2D eigenvalue weighted by Gasteiger charge is -2.14. The van der Waals surface area contributed by atoms with E-state index in [-0.39, 0.29) is 6.04 Å². The molecule has 0 amide bonds. The SMILES string of the molecule is Cc1cnccc1C(O)Cc1ncnn1C(C)C. The Morgan fingerprint density at radius 2 is 2.17 bits per heavy atom. The lowest BCUT2D eigenvalue weighted by atomic mass is 10.0. The number of aromatic nitrogens is 4. The monoisotopic (exact) mass is 246 g/mol. The molecule has 2 rings (SSSR count). The van der Waals surface area contributed by atoms with Gasteiger partial charge in [0.2, 0.25) is 0 Å². The molecule has 1 unspecified atom stereocenters. The summed E-state index contributed by atoms with van der Waals surface area (Å²) in [5.74, 6) is 0.800. The summed E-state index contributed by atoms with van der Waals surface area (Å²) in [6.45, 7) is 6.03. The fourth-order valence-corrected chi connectivity index (χ4v) is 1.99. The number of pyridine rings is 1. The van der Waals surface area contributed by atoms with Crippen LogP contribution in [-0.4, -0.2) is 24.9 Å². The summed E-state index contributed by atoms with van der Waals surface area (Å²) in [5.41, 5.74) is 1.88. The summed E-state index contributed by atoms with van der Waals surface area (Å²) >= 11 is 0. The van der Waals surface area contributed by atoms with E-state index in [1.165, 1.54) is 6.33 Å². The van der Waals surface area contributed by atoms with E-state index in [0.717, 1.165) is 17.0 Å². The van der Waals surface area contributed by atoms with Gasteiger partial charge in [-0.1, -0.05) is 0 Å². The number of aliphatic hydroxyl groups excluding tert-OH is 1. The van der Waals surface area contributed by atoms with Crippen molar-refractivity contribution in [3.63, 3.8) is 0 Å². The fourth-order valence-electron chi connectivity index (χ4n) is 1.99. The molecule has 96 valence electrons. The van der Waals surface area contributed by atoms with Gasteiger partial charge in [-0.05, 0) is 38.0 Å². The zero-order valence-corrected chi connectivity index (χ0v) is 10.9. The van der Waals surface area contributed by atoms with Crippen LogP contribution in [0.2, 0.25) is 0 Å². The summed E-state index contributed by atoms with van der Waals surface area (Å²) in [6.07, 6.45) is 4.87. The van der Waals surface area contributed by atoms with Gasteiger partial charge in [-0.15, -0.1) is 0 Å². The standard InChI is InChI=1S/C13H18N4O/c1-9(2)17-13(15-8-16-17)6-12(18)11-4-5-14-7-10(11)3/h4-5,7-9,12,18H,6H2,1-3H3. The molecule has 2 aromatic heterocycles. The molecule has 5 nitrogen and oxygen atoms in total. The number of aryl methyl sites for hydroxylation is 1. The minimum absolute atomic E-state index is 0.244. The minimum Gasteiger partial charge on any atom is -0.388 e. The summed E-state index contributed by atoms with van der Waals surface area (Å²) < 4.78 is 1.83. The van der Waals surface area contributed by atoms with E-state index in [1.54, 1.807) is 12.4 Å². The Labute approximate surface area is 107 Å². The van der Waals surface area contributed by atoms with Crippen molar-refractivity contribution in [2.24, 2.45) is 0 Å². The zero-order valence-electron chi connectivity index (χ0n) is 10.9. The lowest BCUT2D eigenvalue weighted by Crippen LogP contribution is -2.12. The van der Waals surface area contributed by atoms with Gasteiger partial charge in [-0.3, -0.25) is 4.98 Å². The number of hydrogen-bond acceptors (Lipinski definition) is 4. The molecular formula is C13H18N4O. The molecule has 0 spiro atoms. The molecule has 0 saturated heterocycles. The van der Waals surface area contributed by atoms with Crippen molar-refractivity contribution in [2.75, 3.05) is 0 Å². The minimum atomic E-state index is -0.574. The van der Waals surface area contributed by atoms with Crippen LogP contribution in [0, 0.1) is 6.92 Å². The van der Waals surface area contributed by atoms with Crippen LogP contribution in [0.4, 0.5) is 0 Å². The first-order chi connectivity index (χ1) is 8.59. The van der Waals surface area contributed by atoms with Crippen molar-refractivity contribution in [3.05, 3.63) is 41.7 Å². The largest absolute Gasteiger partial charge is 0.388 e. The van der Waals surface area contributed by atoms with Crippen molar-refractivity contribution < 1.29 is 5.11 Å². The molecule has 1 atom stereocenters. The molecular weight excluding hydrogens is 228 g/mol. The van der Waals surface area contributed by atoms with E-state index in [1.807, 2.05) is 31.5 Å². The maximum atomic E-state index is 10.3. The lowest BCUT2D eigenvalue weighted by molar-refractivity contribution is 0.172. The zero-order chi connectivity index (χ0) is 13.1. The molecule has 2 heterocycles. The van der Waals surface area contributed by atoms with Crippen molar-refractivity contribution in [1.29, 1.82) is 0 Å². The van der Waals surface area contributed by atoms with Crippen LogP contribution in [0.25, 0.3) is 0 Å². The molecule has 1 N–H and O–H groups in total. The van der Waals surface area contributed by atoms with Gasteiger partial charge in [-0.25, -0.2) is 9.67 Å². The highest BCUT2D eigenvalue weighted by Crippen LogP contribution is 2.20. The van der Waals surface area contributed by atoms with Crippen LogP contribution in [0.1, 0.15) is 42.9 Å². The molecule has 0 fully saturated rings. The van der Waals surface area contributed by atoms with Gasteiger partial charge < -0.3 is 5.11 Å². The Hall–Kier alpha value is -1.75. The number of hydrogen-bond donors (Lipinski definition) is 1. The van der Waals surface area contributed by atoms with Crippen molar-refractivity contribution in [3.8, 4) is 0 Å². The molecule has 0 radical (unpaired) electrons. The highest BCUT2D eigenvalue weighted by atomic mass is 16.3. The molecule has 0 aliphatic carbocycles. The second-order valence-corrected chi connectivity index (χ2v) is 4.67. The normalized spacial score (nSPS) is 12.9. The van der Waals surface area contributed by atoms with E-state index in [2.05, 4.69) is 15.1 Å². The predicted octanol–water partition coefficient (Wildman–Crippen LogP) is 1.84. The predicted molar refractivity (Wildman–Crippen MR) is 68.0 cm³/mol. The number of aliphatic hydroxyl groups is 1. The van der Waals surface area contributed by atoms with Gasteiger partial charge >= 0.3 is 0 Å². The second kappa shape index (κ2) is 5.27. The summed E-state index contributed by atoms with van der Waals surface area (Å²) in [7, 11) is 0. The first kappa shape index (κ1) is 12.7. The molecule has 0 aliphatic heterocycles. The topological polar surface area (TPSA) is 63.8 Å². The molecule has 5 heteroatoms. The Morgan fingerprint density at radius 3 is 2.83 bits per heavy atom. The van der Waals surface area contributed by atoms with Crippen molar-refractivity contribution in [1.82, 2.24) is 19.7 Å². The summed E-state index contributed by atoms with van der Waals surface area (Å²) in [5, 5.41) is 14.4. The third-order valence-electron chi connectivity index (χ3n) is 2.94. The highest BCUT2D eigenvalue weighted by Gasteiger charge is 2.16. The quantitative estimate of drug-likeness (QED) is 0.894. The summed E-state index contributed by atoms with van der Waals surface area (Å²) in [4.78, 5) is 8.23. The van der Waals surface area contributed by atoms with Crippen molar-refractivity contribution in [2.45, 2.75) is 39.3 Å². The van der Waals surface area contributed by atoms with Crippen molar-refractivity contribution >= 4 is 0 Å². The molecule has 0 aliphatic rings. The number of nitrogens with zero attached hydrogens (tertiary/aromatic N) is 4. The van der Waals surface area contributed by atoms with Gasteiger partial charge in [0, 0.05) is 24.9 Å².